The van der Waals surface area contributed by atoms with Crippen molar-refractivity contribution in [3.8, 4) is 22.6 Å². The zero-order chi connectivity index (χ0) is 25.2. The Labute approximate surface area is 220 Å². The zero-order valence-electron chi connectivity index (χ0n) is 18.8. The lowest BCUT2D eigenvalue weighted by Crippen LogP contribution is -2.29. The summed E-state index contributed by atoms with van der Waals surface area (Å²) in [5.41, 5.74) is 4.07. The molecule has 180 valence electrons. The maximum atomic E-state index is 12.7. The molecule has 0 aliphatic carbocycles. The SMILES string of the molecule is CC(OC(=O)c1ccc2nc(-c3ccccc3)[nH]c2c1)C(=O)Nc1nc(-c2ccc(Cl)c(Cl)c2)cs1. The quantitative estimate of drug-likeness (QED) is 0.231. The number of imidazole rings is 1. The Morgan fingerprint density at radius 1 is 0.972 bits per heavy atom. The van der Waals surface area contributed by atoms with Crippen LogP contribution in [0.25, 0.3) is 33.7 Å². The molecular formula is C26H18Cl2N4O3S. The fourth-order valence-electron chi connectivity index (χ4n) is 3.48. The minimum absolute atomic E-state index is 0.307. The molecule has 0 radical (unpaired) electrons. The van der Waals surface area contributed by atoms with Crippen molar-refractivity contribution < 1.29 is 14.3 Å². The highest BCUT2D eigenvalue weighted by Gasteiger charge is 2.21. The van der Waals surface area contributed by atoms with E-state index in [0.717, 1.165) is 16.6 Å². The number of ether oxygens (including phenoxy) is 1. The average Bonchev–Trinajstić information content (AvgIpc) is 3.53. The van der Waals surface area contributed by atoms with Gasteiger partial charge in [0.15, 0.2) is 11.2 Å². The van der Waals surface area contributed by atoms with E-state index in [1.165, 1.54) is 18.3 Å². The molecule has 36 heavy (non-hydrogen) atoms. The highest BCUT2D eigenvalue weighted by molar-refractivity contribution is 7.14. The molecule has 5 rings (SSSR count). The molecule has 5 aromatic rings. The fraction of sp³-hybridized carbons (Fsp3) is 0.0769. The molecule has 0 saturated carbocycles. The van der Waals surface area contributed by atoms with Crippen LogP contribution < -0.4 is 5.32 Å². The summed E-state index contributed by atoms with van der Waals surface area (Å²) in [6, 6.07) is 19.9. The van der Waals surface area contributed by atoms with Crippen molar-refractivity contribution in [1.29, 1.82) is 0 Å². The van der Waals surface area contributed by atoms with Gasteiger partial charge in [0, 0.05) is 16.5 Å². The topological polar surface area (TPSA) is 97.0 Å². The highest BCUT2D eigenvalue weighted by Crippen LogP contribution is 2.30. The molecular weight excluding hydrogens is 519 g/mol. The van der Waals surface area contributed by atoms with E-state index in [9.17, 15) is 9.59 Å². The number of fused-ring (bicyclic) bond motifs is 1. The molecule has 0 bridgehead atoms. The van der Waals surface area contributed by atoms with Gasteiger partial charge >= 0.3 is 5.97 Å². The van der Waals surface area contributed by atoms with Gasteiger partial charge in [-0.2, -0.15) is 0 Å². The normalized spacial score (nSPS) is 11.9. The second-order valence-electron chi connectivity index (χ2n) is 7.89. The molecule has 0 fully saturated rings. The van der Waals surface area contributed by atoms with E-state index >= 15 is 0 Å². The number of thiazole rings is 1. The standard InChI is InChI=1S/C26H18Cl2N4O3S/c1-14(24(33)32-26-31-22(13-36-26)16-7-9-18(27)19(28)11-16)35-25(34)17-8-10-20-21(12-17)30-23(29-20)15-5-3-2-4-6-15/h2-14H,1H3,(H,29,30)(H,31,32,33). The molecule has 2 N–H and O–H groups in total. The maximum Gasteiger partial charge on any atom is 0.338 e. The number of carbonyl (C=O) groups excluding carboxylic acids is 2. The Kier molecular flexibility index (Phi) is 6.73. The Balaban J connectivity index is 1.24. The summed E-state index contributed by atoms with van der Waals surface area (Å²) < 4.78 is 5.39. The van der Waals surface area contributed by atoms with E-state index in [4.69, 9.17) is 27.9 Å². The number of nitrogens with one attached hydrogen (secondary N) is 2. The van der Waals surface area contributed by atoms with Crippen molar-refractivity contribution in [2.24, 2.45) is 0 Å². The molecule has 0 saturated heterocycles. The Bertz CT molecular complexity index is 1580. The minimum Gasteiger partial charge on any atom is -0.449 e. The lowest BCUT2D eigenvalue weighted by atomic mass is 10.2. The van der Waals surface area contributed by atoms with E-state index in [0.29, 0.717) is 37.8 Å². The number of carbonyl (C=O) groups is 2. The van der Waals surface area contributed by atoms with Crippen molar-refractivity contribution in [3.05, 3.63) is 87.7 Å². The Hall–Kier alpha value is -3.72. The number of aromatic nitrogens is 3. The van der Waals surface area contributed by atoms with Gasteiger partial charge in [-0.15, -0.1) is 11.3 Å². The maximum absolute atomic E-state index is 12.7. The van der Waals surface area contributed by atoms with Gasteiger partial charge in [0.25, 0.3) is 5.91 Å². The second kappa shape index (κ2) is 10.1. The molecule has 0 spiro atoms. The van der Waals surface area contributed by atoms with Crippen LogP contribution in [0.3, 0.4) is 0 Å². The highest BCUT2D eigenvalue weighted by atomic mass is 35.5. The van der Waals surface area contributed by atoms with Crippen molar-refractivity contribution >= 4 is 62.6 Å². The number of halogens is 2. The lowest BCUT2D eigenvalue weighted by Gasteiger charge is -2.12. The van der Waals surface area contributed by atoms with Gasteiger partial charge in [0.1, 0.15) is 5.82 Å². The van der Waals surface area contributed by atoms with Gasteiger partial charge < -0.3 is 9.72 Å². The molecule has 10 heteroatoms. The van der Waals surface area contributed by atoms with E-state index in [1.807, 2.05) is 30.3 Å². The van der Waals surface area contributed by atoms with E-state index in [2.05, 4.69) is 20.3 Å². The van der Waals surface area contributed by atoms with Crippen molar-refractivity contribution in [2.45, 2.75) is 13.0 Å². The summed E-state index contributed by atoms with van der Waals surface area (Å²) in [6.45, 7) is 1.50. The summed E-state index contributed by atoms with van der Waals surface area (Å²) in [5, 5.41) is 5.70. The number of H-pyrrole nitrogens is 1. The van der Waals surface area contributed by atoms with Gasteiger partial charge in [-0.3, -0.25) is 10.1 Å². The summed E-state index contributed by atoms with van der Waals surface area (Å²) in [6.07, 6.45) is -1.04. The number of rotatable bonds is 6. The predicted molar refractivity (Wildman–Crippen MR) is 143 cm³/mol. The summed E-state index contributed by atoms with van der Waals surface area (Å²) in [4.78, 5) is 37.5. The molecule has 1 unspecified atom stereocenters. The molecule has 2 aromatic heterocycles. The number of anilines is 1. The minimum atomic E-state index is -1.04. The van der Waals surface area contributed by atoms with Crippen molar-refractivity contribution in [3.63, 3.8) is 0 Å². The van der Waals surface area contributed by atoms with Gasteiger partial charge in [0.05, 0.1) is 32.3 Å². The number of hydrogen-bond acceptors (Lipinski definition) is 6. The van der Waals surface area contributed by atoms with Crippen LogP contribution in [0.5, 0.6) is 0 Å². The number of hydrogen-bond donors (Lipinski definition) is 2. The Morgan fingerprint density at radius 3 is 2.56 bits per heavy atom. The van der Waals surface area contributed by atoms with Gasteiger partial charge in [-0.05, 0) is 37.3 Å². The van der Waals surface area contributed by atoms with Crippen LogP contribution in [0, 0.1) is 0 Å². The predicted octanol–water partition coefficient (Wildman–Crippen LogP) is 6.84. The van der Waals surface area contributed by atoms with Crippen LogP contribution in [0.4, 0.5) is 5.13 Å². The molecule has 0 aliphatic rings. The largest absolute Gasteiger partial charge is 0.449 e. The molecule has 1 atom stereocenters. The monoisotopic (exact) mass is 536 g/mol. The molecule has 2 heterocycles. The lowest BCUT2D eigenvalue weighted by molar-refractivity contribution is -0.123. The van der Waals surface area contributed by atoms with Crippen LogP contribution in [-0.4, -0.2) is 32.9 Å². The van der Waals surface area contributed by atoms with E-state index < -0.39 is 18.0 Å². The van der Waals surface area contributed by atoms with Gasteiger partial charge in [-0.1, -0.05) is 59.6 Å². The number of benzene rings is 3. The van der Waals surface area contributed by atoms with E-state index in [1.54, 1.807) is 41.8 Å². The fourth-order valence-corrected chi connectivity index (χ4v) is 4.50. The Morgan fingerprint density at radius 2 is 1.78 bits per heavy atom. The zero-order valence-corrected chi connectivity index (χ0v) is 21.1. The van der Waals surface area contributed by atoms with Crippen LogP contribution in [0.2, 0.25) is 10.0 Å². The van der Waals surface area contributed by atoms with Gasteiger partial charge in [0.2, 0.25) is 0 Å². The van der Waals surface area contributed by atoms with Crippen LogP contribution in [-0.2, 0) is 9.53 Å². The first-order chi connectivity index (χ1) is 17.4. The number of nitrogens with zero attached hydrogens (tertiary/aromatic N) is 2. The van der Waals surface area contributed by atoms with E-state index in [-0.39, 0.29) is 0 Å². The average molecular weight is 537 g/mol. The molecule has 0 aliphatic heterocycles. The first-order valence-electron chi connectivity index (χ1n) is 10.9. The third-order valence-corrected chi connectivity index (χ3v) is 6.86. The summed E-state index contributed by atoms with van der Waals surface area (Å²) in [5.74, 6) is -0.411. The van der Waals surface area contributed by atoms with Gasteiger partial charge in [-0.25, -0.2) is 14.8 Å². The van der Waals surface area contributed by atoms with Crippen LogP contribution in [0.15, 0.2) is 72.1 Å². The van der Waals surface area contributed by atoms with Crippen LogP contribution in [0.1, 0.15) is 17.3 Å². The van der Waals surface area contributed by atoms with Crippen LogP contribution >= 0.6 is 34.5 Å². The second-order valence-corrected chi connectivity index (χ2v) is 9.56. The summed E-state index contributed by atoms with van der Waals surface area (Å²) >= 11 is 13.3. The van der Waals surface area contributed by atoms with Crippen molar-refractivity contribution in [1.82, 2.24) is 15.0 Å². The number of esters is 1. The summed E-state index contributed by atoms with van der Waals surface area (Å²) in [7, 11) is 0. The number of aromatic amines is 1. The first-order valence-corrected chi connectivity index (χ1v) is 12.5. The number of amides is 1. The third kappa shape index (κ3) is 5.11. The third-order valence-electron chi connectivity index (χ3n) is 5.37. The molecule has 1 amide bonds. The molecule has 3 aromatic carbocycles. The van der Waals surface area contributed by atoms with Crippen molar-refractivity contribution in [2.75, 3.05) is 5.32 Å². The molecule has 7 nitrogen and oxygen atoms in total. The smallest absolute Gasteiger partial charge is 0.338 e. The first kappa shape index (κ1) is 24.0.